The van der Waals surface area contributed by atoms with Crippen LogP contribution in [0, 0.1) is 0 Å². The smallest absolute Gasteiger partial charge is 0.251 e. The molecule has 0 unspecified atom stereocenters. The summed E-state index contributed by atoms with van der Waals surface area (Å²) in [4.78, 5) is 28.9. The predicted octanol–water partition coefficient (Wildman–Crippen LogP) is 4.28. The Morgan fingerprint density at radius 3 is 2.30 bits per heavy atom. The Kier molecular flexibility index (Phi) is 4.54. The number of ether oxygens (including phenoxy) is 2. The van der Waals surface area contributed by atoms with E-state index < -0.39 is 0 Å². The number of carbonyl (C=O) groups is 1. The van der Waals surface area contributed by atoms with Crippen LogP contribution in [0.4, 0.5) is 0 Å². The van der Waals surface area contributed by atoms with Crippen LogP contribution in [0.25, 0.3) is 33.8 Å². The van der Waals surface area contributed by atoms with Crippen LogP contribution in [0.2, 0.25) is 0 Å². The van der Waals surface area contributed by atoms with E-state index in [2.05, 4.69) is 15.3 Å². The summed E-state index contributed by atoms with van der Waals surface area (Å²) in [6, 6.07) is 18.7. The predicted molar refractivity (Wildman–Crippen MR) is 123 cm³/mol. The molecule has 5 aromatic rings. The lowest BCUT2D eigenvalue weighted by Gasteiger charge is -2.10. The van der Waals surface area contributed by atoms with Crippen LogP contribution in [-0.4, -0.2) is 32.6 Å². The minimum atomic E-state index is -0.189. The standard InChI is InChI=1S/C25H19N5O3/c31-25(28-13-15-5-8-21-22(11-15)33-14-32-21)16-6-7-17-20(12-16)30-24(19-4-2-10-27-19)23(29-17)18-3-1-9-26-18/h1-12,26-27H,13-14H2,(H,28,31). The van der Waals surface area contributed by atoms with Gasteiger partial charge in [-0.25, -0.2) is 9.97 Å². The van der Waals surface area contributed by atoms with Crippen molar-refractivity contribution in [2.24, 2.45) is 0 Å². The Labute approximate surface area is 188 Å². The number of amides is 1. The first-order valence-corrected chi connectivity index (χ1v) is 10.5. The molecule has 4 heterocycles. The van der Waals surface area contributed by atoms with Gasteiger partial charge in [-0.1, -0.05) is 6.07 Å². The number of aromatic nitrogens is 4. The van der Waals surface area contributed by atoms with Crippen LogP contribution < -0.4 is 14.8 Å². The van der Waals surface area contributed by atoms with Crippen molar-refractivity contribution < 1.29 is 14.3 Å². The Balaban J connectivity index is 1.30. The molecule has 3 N–H and O–H groups in total. The molecular weight excluding hydrogens is 418 g/mol. The van der Waals surface area contributed by atoms with Gasteiger partial charge < -0.3 is 24.8 Å². The Morgan fingerprint density at radius 2 is 1.58 bits per heavy atom. The molecule has 1 aliphatic rings. The molecule has 0 saturated heterocycles. The van der Waals surface area contributed by atoms with E-state index in [1.54, 1.807) is 12.1 Å². The molecule has 162 valence electrons. The van der Waals surface area contributed by atoms with E-state index in [0.29, 0.717) is 34.6 Å². The Hall–Kier alpha value is -4.59. The summed E-state index contributed by atoms with van der Waals surface area (Å²) in [5.41, 5.74) is 5.99. The molecule has 33 heavy (non-hydrogen) atoms. The molecule has 6 rings (SSSR count). The fourth-order valence-electron chi connectivity index (χ4n) is 3.86. The molecule has 1 aliphatic heterocycles. The fraction of sp³-hybridized carbons (Fsp3) is 0.0800. The number of nitrogens with zero attached hydrogens (tertiary/aromatic N) is 2. The zero-order valence-corrected chi connectivity index (χ0v) is 17.5. The van der Waals surface area contributed by atoms with E-state index in [-0.39, 0.29) is 12.7 Å². The summed E-state index contributed by atoms with van der Waals surface area (Å²) in [5.74, 6) is 1.22. The number of hydrogen-bond acceptors (Lipinski definition) is 5. The summed E-state index contributed by atoms with van der Waals surface area (Å²) in [6.45, 7) is 0.595. The molecule has 3 aromatic heterocycles. The highest BCUT2D eigenvalue weighted by Gasteiger charge is 2.17. The lowest BCUT2D eigenvalue weighted by atomic mass is 10.1. The van der Waals surface area contributed by atoms with Gasteiger partial charge in [-0.15, -0.1) is 0 Å². The highest BCUT2D eigenvalue weighted by molar-refractivity contribution is 5.98. The van der Waals surface area contributed by atoms with Crippen LogP contribution in [-0.2, 0) is 6.54 Å². The maximum atomic E-state index is 12.8. The number of carbonyl (C=O) groups excluding carboxylic acids is 1. The number of H-pyrrole nitrogens is 2. The van der Waals surface area contributed by atoms with Gasteiger partial charge in [-0.2, -0.15) is 0 Å². The number of aromatic amines is 2. The largest absolute Gasteiger partial charge is 0.454 e. The first-order chi connectivity index (χ1) is 16.2. The third-order valence-corrected chi connectivity index (χ3v) is 5.52. The van der Waals surface area contributed by atoms with Gasteiger partial charge in [0.15, 0.2) is 11.5 Å². The normalized spacial score (nSPS) is 12.2. The molecule has 8 heteroatoms. The van der Waals surface area contributed by atoms with Crippen LogP contribution in [0.1, 0.15) is 15.9 Å². The van der Waals surface area contributed by atoms with Crippen molar-refractivity contribution in [1.29, 1.82) is 0 Å². The van der Waals surface area contributed by atoms with E-state index in [1.165, 1.54) is 0 Å². The monoisotopic (exact) mass is 437 g/mol. The maximum absolute atomic E-state index is 12.8. The van der Waals surface area contributed by atoms with Gasteiger partial charge in [0.25, 0.3) is 5.91 Å². The molecule has 0 aliphatic carbocycles. The number of nitrogens with one attached hydrogen (secondary N) is 3. The maximum Gasteiger partial charge on any atom is 0.251 e. The zero-order valence-electron chi connectivity index (χ0n) is 17.5. The molecule has 0 atom stereocenters. The summed E-state index contributed by atoms with van der Waals surface area (Å²) in [5, 5.41) is 2.95. The average Bonchev–Trinajstić information content (AvgIpc) is 3.63. The van der Waals surface area contributed by atoms with E-state index in [0.717, 1.165) is 28.4 Å². The Bertz CT molecular complexity index is 1460. The average molecular weight is 437 g/mol. The molecule has 0 spiro atoms. The zero-order chi connectivity index (χ0) is 22.2. The van der Waals surface area contributed by atoms with Gasteiger partial charge >= 0.3 is 0 Å². The highest BCUT2D eigenvalue weighted by atomic mass is 16.7. The van der Waals surface area contributed by atoms with Crippen molar-refractivity contribution >= 4 is 16.9 Å². The van der Waals surface area contributed by atoms with Crippen LogP contribution in [0.5, 0.6) is 11.5 Å². The Morgan fingerprint density at radius 1 is 0.848 bits per heavy atom. The van der Waals surface area contributed by atoms with Crippen molar-refractivity contribution in [3.8, 4) is 34.3 Å². The molecule has 0 saturated carbocycles. The van der Waals surface area contributed by atoms with Crippen molar-refractivity contribution in [1.82, 2.24) is 25.3 Å². The van der Waals surface area contributed by atoms with E-state index >= 15 is 0 Å². The SMILES string of the molecule is O=C(NCc1ccc2c(c1)OCO2)c1ccc2nc(-c3ccc[nH]3)c(-c3ccc[nH]3)nc2c1. The van der Waals surface area contributed by atoms with Crippen molar-refractivity contribution in [2.75, 3.05) is 6.79 Å². The van der Waals surface area contributed by atoms with Gasteiger partial charge in [0.1, 0.15) is 11.4 Å². The summed E-state index contributed by atoms with van der Waals surface area (Å²) in [7, 11) is 0. The first-order valence-electron chi connectivity index (χ1n) is 10.5. The summed E-state index contributed by atoms with van der Waals surface area (Å²) in [6.07, 6.45) is 3.70. The lowest BCUT2D eigenvalue weighted by molar-refractivity contribution is 0.0951. The summed E-state index contributed by atoms with van der Waals surface area (Å²) < 4.78 is 10.7. The minimum absolute atomic E-state index is 0.189. The third-order valence-electron chi connectivity index (χ3n) is 5.52. The molecule has 0 bridgehead atoms. The number of rotatable bonds is 5. The first kappa shape index (κ1) is 19.1. The molecule has 1 amide bonds. The van der Waals surface area contributed by atoms with Gasteiger partial charge in [-0.05, 0) is 60.2 Å². The molecule has 8 nitrogen and oxygen atoms in total. The van der Waals surface area contributed by atoms with Crippen molar-refractivity contribution in [3.63, 3.8) is 0 Å². The van der Waals surface area contributed by atoms with Gasteiger partial charge in [0.05, 0.1) is 22.4 Å². The number of hydrogen-bond donors (Lipinski definition) is 3. The second-order valence-electron chi connectivity index (χ2n) is 7.66. The second kappa shape index (κ2) is 7.83. The van der Waals surface area contributed by atoms with Gasteiger partial charge in [0.2, 0.25) is 6.79 Å². The lowest BCUT2D eigenvalue weighted by Crippen LogP contribution is -2.22. The molecule has 0 fully saturated rings. The second-order valence-corrected chi connectivity index (χ2v) is 7.66. The van der Waals surface area contributed by atoms with Crippen LogP contribution >= 0.6 is 0 Å². The molecular formula is C25H19N5O3. The van der Waals surface area contributed by atoms with Crippen molar-refractivity contribution in [3.05, 3.63) is 84.2 Å². The fourth-order valence-corrected chi connectivity index (χ4v) is 3.86. The van der Waals surface area contributed by atoms with Crippen molar-refractivity contribution in [2.45, 2.75) is 6.54 Å². The summed E-state index contributed by atoms with van der Waals surface area (Å²) >= 11 is 0. The van der Waals surface area contributed by atoms with E-state index in [9.17, 15) is 4.79 Å². The van der Waals surface area contributed by atoms with E-state index in [4.69, 9.17) is 19.4 Å². The molecule has 2 aromatic carbocycles. The quantitative estimate of drug-likeness (QED) is 0.381. The van der Waals surface area contributed by atoms with Gasteiger partial charge in [0, 0.05) is 24.5 Å². The van der Waals surface area contributed by atoms with Crippen LogP contribution in [0.15, 0.2) is 73.1 Å². The minimum Gasteiger partial charge on any atom is -0.454 e. The number of fused-ring (bicyclic) bond motifs is 2. The van der Waals surface area contributed by atoms with Gasteiger partial charge in [-0.3, -0.25) is 4.79 Å². The third kappa shape index (κ3) is 3.57. The highest BCUT2D eigenvalue weighted by Crippen LogP contribution is 2.32. The topological polar surface area (TPSA) is 105 Å². The van der Waals surface area contributed by atoms with E-state index in [1.807, 2.05) is 60.9 Å². The molecule has 0 radical (unpaired) electrons. The van der Waals surface area contributed by atoms with Crippen LogP contribution in [0.3, 0.4) is 0 Å². The number of benzene rings is 2.